The molecule has 0 heterocycles. The number of carbonyl (C=O) groups excluding carboxylic acids is 1. The average Bonchev–Trinajstić information content (AvgIpc) is 2.56. The number of aliphatic hydroxyl groups is 1. The number of amides is 1. The van der Waals surface area contributed by atoms with Gasteiger partial charge in [-0.05, 0) is 48.7 Å². The molecular weight excluding hydrogens is 278 g/mol. The Morgan fingerprint density at radius 3 is 2.50 bits per heavy atom. The maximum Gasteiger partial charge on any atom is 0.231 e. The highest BCUT2D eigenvalue weighted by atomic mass is 16.5. The van der Waals surface area contributed by atoms with Crippen LogP contribution >= 0.6 is 0 Å². The molecule has 2 aromatic carbocycles. The number of anilines is 1. The zero-order chi connectivity index (χ0) is 16.1. The van der Waals surface area contributed by atoms with Crippen molar-refractivity contribution in [1.82, 2.24) is 0 Å². The van der Waals surface area contributed by atoms with Crippen LogP contribution in [0.25, 0.3) is 0 Å². The second-order valence-corrected chi connectivity index (χ2v) is 5.29. The number of hydrogen-bond acceptors (Lipinski definition) is 3. The second kappa shape index (κ2) is 7.09. The van der Waals surface area contributed by atoms with Gasteiger partial charge >= 0.3 is 0 Å². The van der Waals surface area contributed by atoms with Gasteiger partial charge < -0.3 is 15.2 Å². The van der Waals surface area contributed by atoms with Crippen molar-refractivity contribution in [2.24, 2.45) is 0 Å². The van der Waals surface area contributed by atoms with Crippen LogP contribution in [0.2, 0.25) is 0 Å². The molecule has 4 heteroatoms. The highest BCUT2D eigenvalue weighted by Gasteiger charge is 2.16. The van der Waals surface area contributed by atoms with Crippen molar-refractivity contribution in [3.63, 3.8) is 0 Å². The lowest BCUT2D eigenvalue weighted by molar-refractivity contribution is -0.117. The summed E-state index contributed by atoms with van der Waals surface area (Å²) in [5.74, 6) is 0.411. The molecule has 0 fully saturated rings. The van der Waals surface area contributed by atoms with Crippen LogP contribution in [0.5, 0.6) is 5.75 Å². The van der Waals surface area contributed by atoms with Crippen molar-refractivity contribution in [2.45, 2.75) is 26.4 Å². The molecule has 2 N–H and O–H groups in total. The minimum Gasteiger partial charge on any atom is -0.497 e. The molecule has 1 unspecified atom stereocenters. The van der Waals surface area contributed by atoms with Gasteiger partial charge in [0.25, 0.3) is 0 Å². The molecule has 0 aliphatic rings. The number of carbonyl (C=O) groups is 1. The number of hydrogen-bond donors (Lipinski definition) is 2. The van der Waals surface area contributed by atoms with Crippen LogP contribution < -0.4 is 10.1 Å². The Hall–Kier alpha value is -2.33. The predicted octanol–water partition coefficient (Wildman–Crippen LogP) is 3.24. The molecular formula is C18H21NO3. The van der Waals surface area contributed by atoms with E-state index in [1.54, 1.807) is 13.2 Å². The van der Waals surface area contributed by atoms with E-state index in [-0.39, 0.29) is 18.4 Å². The minimum absolute atomic E-state index is 0.0445. The van der Waals surface area contributed by atoms with Gasteiger partial charge in [0, 0.05) is 5.69 Å². The Morgan fingerprint density at radius 2 is 1.91 bits per heavy atom. The van der Waals surface area contributed by atoms with Crippen molar-refractivity contribution >= 4 is 11.6 Å². The van der Waals surface area contributed by atoms with Crippen molar-refractivity contribution < 1.29 is 14.6 Å². The van der Waals surface area contributed by atoms with Gasteiger partial charge in [-0.3, -0.25) is 4.79 Å². The molecule has 22 heavy (non-hydrogen) atoms. The third-order valence-electron chi connectivity index (χ3n) is 3.75. The minimum atomic E-state index is -0.275. The summed E-state index contributed by atoms with van der Waals surface area (Å²) in [6.07, 6.45) is 0. The summed E-state index contributed by atoms with van der Waals surface area (Å²) in [5.41, 5.74) is 3.40. The first-order valence-corrected chi connectivity index (χ1v) is 7.20. The van der Waals surface area contributed by atoms with E-state index in [4.69, 9.17) is 4.74 Å². The fourth-order valence-electron chi connectivity index (χ4n) is 2.19. The van der Waals surface area contributed by atoms with Gasteiger partial charge in [-0.25, -0.2) is 0 Å². The molecule has 116 valence electrons. The van der Waals surface area contributed by atoms with Crippen molar-refractivity contribution in [2.75, 3.05) is 12.4 Å². The number of ether oxygens (including phenoxy) is 1. The van der Waals surface area contributed by atoms with Crippen molar-refractivity contribution in [3.05, 3.63) is 59.2 Å². The standard InChI is InChI=1S/C18H21NO3/c1-12-4-5-14(11-20)10-17(12)19-18(21)13(2)15-6-8-16(22-3)9-7-15/h4-10,13,20H,11H2,1-3H3,(H,19,21). The Bertz CT molecular complexity index is 650. The molecule has 0 radical (unpaired) electrons. The number of methoxy groups -OCH3 is 1. The zero-order valence-corrected chi connectivity index (χ0v) is 13.1. The van der Waals surface area contributed by atoms with Crippen LogP contribution in [0.1, 0.15) is 29.5 Å². The molecule has 2 aromatic rings. The molecule has 0 spiro atoms. The summed E-state index contributed by atoms with van der Waals surface area (Å²) in [6.45, 7) is 3.74. The summed E-state index contributed by atoms with van der Waals surface area (Å²) < 4.78 is 5.12. The van der Waals surface area contributed by atoms with E-state index >= 15 is 0 Å². The summed E-state index contributed by atoms with van der Waals surface area (Å²) in [5, 5.41) is 12.1. The van der Waals surface area contributed by atoms with Gasteiger partial charge in [-0.1, -0.05) is 24.3 Å². The third-order valence-corrected chi connectivity index (χ3v) is 3.75. The summed E-state index contributed by atoms with van der Waals surface area (Å²) in [7, 11) is 1.61. The fourth-order valence-corrected chi connectivity index (χ4v) is 2.19. The van der Waals surface area contributed by atoms with Crippen LogP contribution in [0.15, 0.2) is 42.5 Å². The third kappa shape index (κ3) is 3.65. The number of aryl methyl sites for hydroxylation is 1. The Labute approximate surface area is 130 Å². The van der Waals surface area contributed by atoms with Crippen LogP contribution in [0.3, 0.4) is 0 Å². The first-order valence-electron chi connectivity index (χ1n) is 7.20. The van der Waals surface area contributed by atoms with E-state index in [2.05, 4.69) is 5.32 Å². The maximum absolute atomic E-state index is 12.4. The molecule has 0 saturated heterocycles. The second-order valence-electron chi connectivity index (χ2n) is 5.29. The Balaban J connectivity index is 2.13. The van der Waals surface area contributed by atoms with Crippen LogP contribution in [-0.4, -0.2) is 18.1 Å². The van der Waals surface area contributed by atoms with E-state index < -0.39 is 0 Å². The summed E-state index contributed by atoms with van der Waals surface area (Å²) in [4.78, 5) is 12.4. The lowest BCUT2D eigenvalue weighted by Gasteiger charge is -2.15. The SMILES string of the molecule is COc1ccc(C(C)C(=O)Nc2cc(CO)ccc2C)cc1. The van der Waals surface area contributed by atoms with Gasteiger partial charge in [0.1, 0.15) is 5.75 Å². The molecule has 1 amide bonds. The van der Waals surface area contributed by atoms with Gasteiger partial charge in [0.05, 0.1) is 19.6 Å². The van der Waals surface area contributed by atoms with Crippen LogP contribution in [0, 0.1) is 6.92 Å². The average molecular weight is 299 g/mol. The van der Waals surface area contributed by atoms with E-state index in [0.29, 0.717) is 0 Å². The molecule has 2 rings (SSSR count). The first-order chi connectivity index (χ1) is 10.5. The largest absolute Gasteiger partial charge is 0.497 e. The van der Waals surface area contributed by atoms with E-state index in [9.17, 15) is 9.90 Å². The highest BCUT2D eigenvalue weighted by molar-refractivity contribution is 5.96. The smallest absolute Gasteiger partial charge is 0.231 e. The lowest BCUT2D eigenvalue weighted by Crippen LogP contribution is -2.19. The highest BCUT2D eigenvalue weighted by Crippen LogP contribution is 2.23. The maximum atomic E-state index is 12.4. The van der Waals surface area contributed by atoms with Crippen molar-refractivity contribution in [3.8, 4) is 5.75 Å². The lowest BCUT2D eigenvalue weighted by atomic mass is 10.00. The summed E-state index contributed by atoms with van der Waals surface area (Å²) >= 11 is 0. The Morgan fingerprint density at radius 1 is 1.23 bits per heavy atom. The monoisotopic (exact) mass is 299 g/mol. The van der Waals surface area contributed by atoms with E-state index in [1.807, 2.05) is 50.2 Å². The molecule has 0 bridgehead atoms. The van der Waals surface area contributed by atoms with E-state index in [1.165, 1.54) is 0 Å². The van der Waals surface area contributed by atoms with E-state index in [0.717, 1.165) is 28.1 Å². The number of rotatable bonds is 5. The quantitative estimate of drug-likeness (QED) is 0.891. The summed E-state index contributed by atoms with van der Waals surface area (Å²) in [6, 6.07) is 13.0. The van der Waals surface area contributed by atoms with Crippen molar-refractivity contribution in [1.29, 1.82) is 0 Å². The molecule has 0 aromatic heterocycles. The molecule has 4 nitrogen and oxygen atoms in total. The fraction of sp³-hybridized carbons (Fsp3) is 0.278. The number of aliphatic hydroxyl groups excluding tert-OH is 1. The number of benzene rings is 2. The first kappa shape index (κ1) is 16.0. The van der Waals surface area contributed by atoms with Crippen LogP contribution in [-0.2, 0) is 11.4 Å². The topological polar surface area (TPSA) is 58.6 Å². The molecule has 0 aliphatic heterocycles. The zero-order valence-electron chi connectivity index (χ0n) is 13.1. The van der Waals surface area contributed by atoms with Gasteiger partial charge in [-0.15, -0.1) is 0 Å². The van der Waals surface area contributed by atoms with Gasteiger partial charge in [0.2, 0.25) is 5.91 Å². The van der Waals surface area contributed by atoms with Gasteiger partial charge in [0.15, 0.2) is 0 Å². The van der Waals surface area contributed by atoms with Gasteiger partial charge in [-0.2, -0.15) is 0 Å². The predicted molar refractivity (Wildman–Crippen MR) is 87.1 cm³/mol. The molecule has 0 saturated carbocycles. The number of nitrogens with one attached hydrogen (secondary N) is 1. The Kier molecular flexibility index (Phi) is 5.17. The van der Waals surface area contributed by atoms with Crippen LogP contribution in [0.4, 0.5) is 5.69 Å². The normalized spacial score (nSPS) is 11.8. The molecule has 1 atom stereocenters. The molecule has 0 aliphatic carbocycles.